The smallest absolute Gasteiger partial charge is 0.307 e. The Morgan fingerprint density at radius 3 is 1.89 bits per heavy atom. The lowest BCUT2D eigenvalue weighted by Crippen LogP contribution is -2.57. The average Bonchev–Trinajstić information content (AvgIpc) is 3.66. The molecular formula is C43H48N4O7S. The van der Waals surface area contributed by atoms with E-state index in [0.29, 0.717) is 11.3 Å². The third kappa shape index (κ3) is 12.2. The van der Waals surface area contributed by atoms with E-state index in [2.05, 4.69) is 42.0 Å². The molecular weight excluding hydrogens is 717 g/mol. The Morgan fingerprint density at radius 2 is 1.27 bits per heavy atom. The summed E-state index contributed by atoms with van der Waals surface area (Å²) in [5.74, 6) is -4.90. The lowest BCUT2D eigenvalue weighted by Gasteiger charge is -2.26. The molecule has 0 saturated carbocycles. The summed E-state index contributed by atoms with van der Waals surface area (Å²) in [7, 11) is 0. The highest BCUT2D eigenvalue weighted by Crippen LogP contribution is 2.23. The maximum Gasteiger partial charge on any atom is 0.307 e. The Balaban J connectivity index is 1.51. The van der Waals surface area contributed by atoms with E-state index >= 15 is 0 Å². The molecule has 3 aromatic carbocycles. The molecule has 0 fully saturated rings. The molecule has 0 unspecified atom stereocenters. The standard InChI is InChI=1S/C43H48N4O7S/c1-43(2,3)31-15-11-29(12-16-31)24-35-40(51)46-34(23-27-8-5-4-6-9-27)37(48)25-30(42(53)54)22-28-13-17-32(18-14-28)44-38(49)19-20-39(50)45-36(41(52)47-35)26-33-10-7-21-55-33/h4-18,21,30,34-36H,19-20,22-26H2,1-3H3,(H,44,49)(H,45,50)(H,46,51)(H,47,52)(H,53,54)/t30-,34-,35+,36-/m1/s1. The first-order valence-electron chi connectivity index (χ1n) is 18.4. The molecule has 288 valence electrons. The van der Waals surface area contributed by atoms with Gasteiger partial charge in [-0.2, -0.15) is 0 Å². The number of amides is 4. The highest BCUT2D eigenvalue weighted by Gasteiger charge is 2.32. The van der Waals surface area contributed by atoms with E-state index in [1.54, 1.807) is 24.3 Å². The number of hydrogen-bond acceptors (Lipinski definition) is 7. The van der Waals surface area contributed by atoms with Gasteiger partial charge in [0.2, 0.25) is 23.6 Å². The highest BCUT2D eigenvalue weighted by atomic mass is 32.1. The molecule has 12 heteroatoms. The van der Waals surface area contributed by atoms with E-state index in [-0.39, 0.29) is 50.4 Å². The Hall–Kier alpha value is -5.62. The van der Waals surface area contributed by atoms with Crippen LogP contribution in [0, 0.1) is 5.92 Å². The van der Waals surface area contributed by atoms with E-state index in [4.69, 9.17) is 0 Å². The van der Waals surface area contributed by atoms with Crippen LogP contribution >= 0.6 is 11.3 Å². The van der Waals surface area contributed by atoms with Crippen molar-refractivity contribution in [3.8, 4) is 0 Å². The number of aliphatic carboxylic acids is 1. The van der Waals surface area contributed by atoms with E-state index in [1.165, 1.54) is 11.3 Å². The molecule has 4 atom stereocenters. The first-order chi connectivity index (χ1) is 26.2. The molecule has 0 radical (unpaired) electrons. The SMILES string of the molecule is CC(C)(C)c1ccc(C[C@@H]2NC(=O)[C@@H](Cc3cccs3)NC(=O)CCC(=O)Nc3ccc(cc3)C[C@@H](C(=O)O)CC(=O)[C@@H](Cc3ccccc3)NC2=O)cc1. The van der Waals surface area contributed by atoms with Gasteiger partial charge < -0.3 is 26.4 Å². The number of ketones is 1. The summed E-state index contributed by atoms with van der Waals surface area (Å²) in [5.41, 5.74) is 3.59. The zero-order valence-corrected chi connectivity index (χ0v) is 32.1. The Labute approximate surface area is 325 Å². The topological polar surface area (TPSA) is 171 Å². The molecule has 11 nitrogen and oxygen atoms in total. The number of anilines is 1. The van der Waals surface area contributed by atoms with Gasteiger partial charge >= 0.3 is 5.97 Å². The van der Waals surface area contributed by atoms with Gasteiger partial charge in [0, 0.05) is 42.7 Å². The lowest BCUT2D eigenvalue weighted by atomic mass is 9.86. The number of fused-ring (bicyclic) bond motifs is 18. The van der Waals surface area contributed by atoms with E-state index in [1.807, 2.05) is 72.1 Å². The molecule has 1 aromatic heterocycles. The van der Waals surface area contributed by atoms with Crippen LogP contribution in [0.25, 0.3) is 0 Å². The van der Waals surface area contributed by atoms with Gasteiger partial charge in [-0.05, 0) is 64.1 Å². The highest BCUT2D eigenvalue weighted by molar-refractivity contribution is 7.09. The fraction of sp³-hybridized carbons (Fsp3) is 0.349. The molecule has 2 aliphatic heterocycles. The Kier molecular flexibility index (Phi) is 13.7. The van der Waals surface area contributed by atoms with Crippen LogP contribution in [0.1, 0.15) is 67.2 Å². The summed E-state index contributed by atoms with van der Waals surface area (Å²) in [6.07, 6.45) is -0.337. The van der Waals surface area contributed by atoms with Crippen molar-refractivity contribution in [2.24, 2.45) is 5.92 Å². The third-order valence-electron chi connectivity index (χ3n) is 9.61. The minimum absolute atomic E-state index is 0.0380. The lowest BCUT2D eigenvalue weighted by molar-refractivity contribution is -0.144. The first-order valence-corrected chi connectivity index (χ1v) is 19.3. The van der Waals surface area contributed by atoms with Crippen LogP contribution < -0.4 is 21.3 Å². The number of nitrogens with one attached hydrogen (secondary N) is 4. The molecule has 0 spiro atoms. The maximum absolute atomic E-state index is 14.3. The van der Waals surface area contributed by atoms with Gasteiger partial charge in [-0.3, -0.25) is 28.8 Å². The van der Waals surface area contributed by atoms with Gasteiger partial charge in [-0.25, -0.2) is 0 Å². The minimum atomic E-state index is -1.17. The first kappa shape index (κ1) is 40.6. The van der Waals surface area contributed by atoms with Crippen molar-refractivity contribution in [1.82, 2.24) is 16.0 Å². The number of hydrogen-bond donors (Lipinski definition) is 5. The van der Waals surface area contributed by atoms with E-state index < -0.39 is 59.4 Å². The Morgan fingerprint density at radius 1 is 0.673 bits per heavy atom. The summed E-state index contributed by atoms with van der Waals surface area (Å²) in [5, 5.41) is 23.3. The summed E-state index contributed by atoms with van der Waals surface area (Å²) in [6.45, 7) is 6.28. The molecule has 6 rings (SSSR count). The number of thiophene rings is 1. The molecule has 55 heavy (non-hydrogen) atoms. The van der Waals surface area contributed by atoms with Gasteiger partial charge in [0.25, 0.3) is 0 Å². The summed E-state index contributed by atoms with van der Waals surface area (Å²) in [6, 6.07) is 23.8. The predicted octanol–water partition coefficient (Wildman–Crippen LogP) is 5.16. The zero-order chi connectivity index (χ0) is 39.5. The molecule has 5 N–H and O–H groups in total. The average molecular weight is 765 g/mol. The molecule has 4 amide bonds. The fourth-order valence-electron chi connectivity index (χ4n) is 6.42. The van der Waals surface area contributed by atoms with E-state index in [9.17, 15) is 33.9 Å². The van der Waals surface area contributed by atoms with Crippen LogP contribution in [0.3, 0.4) is 0 Å². The van der Waals surface area contributed by atoms with Gasteiger partial charge in [0.05, 0.1) is 12.0 Å². The number of benzene rings is 3. The second-order valence-electron chi connectivity index (χ2n) is 15.0. The molecule has 2 aliphatic rings. The van der Waals surface area contributed by atoms with Gasteiger partial charge in [0.1, 0.15) is 12.1 Å². The number of Topliss-reactive ketones (excluding diaryl/α,β-unsaturated/α-hetero) is 1. The molecule has 0 saturated heterocycles. The minimum Gasteiger partial charge on any atom is -0.481 e. The van der Waals surface area contributed by atoms with Crippen molar-refractivity contribution in [1.29, 1.82) is 0 Å². The Bertz CT molecular complexity index is 1960. The van der Waals surface area contributed by atoms with Crippen molar-refractivity contribution in [2.45, 2.75) is 89.3 Å². The predicted molar refractivity (Wildman–Crippen MR) is 212 cm³/mol. The maximum atomic E-state index is 14.3. The summed E-state index contributed by atoms with van der Waals surface area (Å²) < 4.78 is 0. The van der Waals surface area contributed by atoms with Crippen molar-refractivity contribution >= 4 is 52.4 Å². The van der Waals surface area contributed by atoms with Crippen molar-refractivity contribution < 1.29 is 33.9 Å². The largest absolute Gasteiger partial charge is 0.481 e. The van der Waals surface area contributed by atoms with Gasteiger partial charge in [0.15, 0.2) is 5.78 Å². The van der Waals surface area contributed by atoms with Crippen LogP contribution in [0.2, 0.25) is 0 Å². The van der Waals surface area contributed by atoms with Gasteiger partial charge in [-0.15, -0.1) is 11.3 Å². The normalized spacial score (nSPS) is 20.7. The summed E-state index contributed by atoms with van der Waals surface area (Å²) in [4.78, 5) is 81.8. The van der Waals surface area contributed by atoms with Crippen LogP contribution in [0.5, 0.6) is 0 Å². The van der Waals surface area contributed by atoms with Crippen LogP contribution in [0.4, 0.5) is 5.69 Å². The quantitative estimate of drug-likeness (QED) is 0.162. The number of carbonyl (C=O) groups excluding carboxylic acids is 5. The zero-order valence-electron chi connectivity index (χ0n) is 31.3. The van der Waals surface area contributed by atoms with Gasteiger partial charge in [-0.1, -0.05) is 93.6 Å². The van der Waals surface area contributed by atoms with Crippen LogP contribution in [0.15, 0.2) is 96.4 Å². The van der Waals surface area contributed by atoms with Crippen LogP contribution in [-0.2, 0) is 59.9 Å². The summed E-state index contributed by atoms with van der Waals surface area (Å²) >= 11 is 1.42. The van der Waals surface area contributed by atoms with Crippen LogP contribution in [-0.4, -0.2) is 58.6 Å². The molecule has 0 aliphatic carbocycles. The monoisotopic (exact) mass is 764 g/mol. The third-order valence-corrected chi connectivity index (χ3v) is 10.5. The van der Waals surface area contributed by atoms with Crippen molar-refractivity contribution in [3.05, 3.63) is 124 Å². The number of carbonyl (C=O) groups is 6. The molecule has 4 aromatic rings. The number of rotatable bonds is 7. The van der Waals surface area contributed by atoms with Crippen molar-refractivity contribution in [3.63, 3.8) is 0 Å². The fourth-order valence-corrected chi connectivity index (χ4v) is 7.17. The second-order valence-corrected chi connectivity index (χ2v) is 16.1. The second kappa shape index (κ2) is 18.6. The number of carboxylic acid groups (broad SMARTS) is 1. The molecule has 2 bridgehead atoms. The van der Waals surface area contributed by atoms with Crippen molar-refractivity contribution in [2.75, 3.05) is 5.32 Å². The van der Waals surface area contributed by atoms with E-state index in [0.717, 1.165) is 21.6 Å². The number of carboxylic acids is 1. The molecule has 3 heterocycles.